The molecule has 1 unspecified atom stereocenters. The Balaban J connectivity index is 0.00000200. The Morgan fingerprint density at radius 3 is 2.38 bits per heavy atom. The summed E-state index contributed by atoms with van der Waals surface area (Å²) >= 11 is 0. The largest absolute Gasteiger partial charge is 0.286 e. The number of halogens is 2. The molecule has 0 saturated carbocycles. The summed E-state index contributed by atoms with van der Waals surface area (Å²) in [5, 5.41) is 0. The monoisotopic (exact) mass is 327 g/mol. The van der Waals surface area contributed by atoms with Crippen LogP contribution in [0.25, 0.3) is 0 Å². The van der Waals surface area contributed by atoms with Gasteiger partial charge in [0.25, 0.3) is 5.91 Å². The molecule has 4 nitrogen and oxygen atoms in total. The third-order valence-electron chi connectivity index (χ3n) is 2.71. The molecule has 2 aromatic rings. The first-order chi connectivity index (χ1) is 9.25. The van der Waals surface area contributed by atoms with Crippen LogP contribution in [0.3, 0.4) is 0 Å². The van der Waals surface area contributed by atoms with Gasteiger partial charge in [-0.15, -0.1) is 24.8 Å². The quantitative estimate of drug-likeness (QED) is 0.830. The zero-order chi connectivity index (χ0) is 13.5. The average Bonchev–Trinajstić information content (AvgIpc) is 2.47. The third kappa shape index (κ3) is 6.58. The van der Waals surface area contributed by atoms with Gasteiger partial charge in [0.15, 0.2) is 0 Å². The second-order valence-electron chi connectivity index (χ2n) is 4.40. The van der Waals surface area contributed by atoms with Crippen LogP contribution in [0.15, 0.2) is 54.7 Å². The molecule has 0 saturated heterocycles. The summed E-state index contributed by atoms with van der Waals surface area (Å²) in [6, 6.07) is 15.5. The molecule has 2 N–H and O–H groups in total. The summed E-state index contributed by atoms with van der Waals surface area (Å²) in [5.41, 5.74) is 7.29. The number of nitrogens with one attached hydrogen (secondary N) is 2. The molecule has 6 heteroatoms. The van der Waals surface area contributed by atoms with E-state index >= 15 is 0 Å². The fraction of sp³-hybridized carbons (Fsp3) is 0.200. The summed E-state index contributed by atoms with van der Waals surface area (Å²) in [5.74, 6) is -0.222. The second kappa shape index (κ2) is 10.2. The SMILES string of the molecule is CC(Cc1ccccc1)NNC(=O)c1ccccn1.Cl.Cl. The average molecular weight is 328 g/mol. The molecule has 114 valence electrons. The summed E-state index contributed by atoms with van der Waals surface area (Å²) in [4.78, 5) is 15.8. The number of hydrazine groups is 1. The van der Waals surface area contributed by atoms with Crippen molar-refractivity contribution in [3.63, 3.8) is 0 Å². The molecule has 1 aromatic carbocycles. The number of pyridine rings is 1. The summed E-state index contributed by atoms with van der Waals surface area (Å²) < 4.78 is 0. The highest BCUT2D eigenvalue weighted by Gasteiger charge is 2.08. The molecular formula is C15H19Cl2N3O. The van der Waals surface area contributed by atoms with Crippen molar-refractivity contribution >= 4 is 30.7 Å². The standard InChI is InChI=1S/C15H17N3O.2ClH/c1-12(11-13-7-3-2-4-8-13)17-18-15(19)14-9-5-6-10-16-14;;/h2-10,12,17H,11H2,1H3,(H,18,19);2*1H. The normalized spacial score (nSPS) is 10.7. The first kappa shape index (κ1) is 19.4. The van der Waals surface area contributed by atoms with Crippen molar-refractivity contribution in [2.45, 2.75) is 19.4 Å². The Hall–Kier alpha value is -1.62. The molecular weight excluding hydrogens is 309 g/mol. The minimum atomic E-state index is -0.222. The maximum atomic E-state index is 11.8. The molecule has 0 spiro atoms. The molecule has 0 radical (unpaired) electrons. The van der Waals surface area contributed by atoms with Crippen molar-refractivity contribution in [2.24, 2.45) is 0 Å². The smallest absolute Gasteiger partial charge is 0.283 e. The second-order valence-corrected chi connectivity index (χ2v) is 4.40. The minimum Gasteiger partial charge on any atom is -0.286 e. The number of carbonyl (C=O) groups excluding carboxylic acids is 1. The fourth-order valence-corrected chi connectivity index (χ4v) is 1.77. The maximum absolute atomic E-state index is 11.8. The number of hydrogen-bond acceptors (Lipinski definition) is 3. The first-order valence-corrected chi connectivity index (χ1v) is 6.26. The fourth-order valence-electron chi connectivity index (χ4n) is 1.77. The minimum absolute atomic E-state index is 0. The lowest BCUT2D eigenvalue weighted by Crippen LogP contribution is -2.44. The van der Waals surface area contributed by atoms with Gasteiger partial charge >= 0.3 is 0 Å². The van der Waals surface area contributed by atoms with Gasteiger partial charge in [0.05, 0.1) is 0 Å². The van der Waals surface area contributed by atoms with Crippen LogP contribution in [-0.4, -0.2) is 16.9 Å². The highest BCUT2D eigenvalue weighted by molar-refractivity contribution is 5.91. The summed E-state index contributed by atoms with van der Waals surface area (Å²) in [7, 11) is 0. The number of rotatable bonds is 5. The van der Waals surface area contributed by atoms with Crippen molar-refractivity contribution in [2.75, 3.05) is 0 Å². The molecule has 2 rings (SSSR count). The Morgan fingerprint density at radius 1 is 1.10 bits per heavy atom. The Labute approximate surface area is 137 Å². The molecule has 0 bridgehead atoms. The van der Waals surface area contributed by atoms with Crippen molar-refractivity contribution in [1.29, 1.82) is 0 Å². The van der Waals surface area contributed by atoms with Gasteiger partial charge in [-0.2, -0.15) is 0 Å². The number of amides is 1. The van der Waals surface area contributed by atoms with Crippen molar-refractivity contribution in [3.8, 4) is 0 Å². The lowest BCUT2D eigenvalue weighted by atomic mass is 10.1. The van der Waals surface area contributed by atoms with Crippen LogP contribution in [0.1, 0.15) is 23.0 Å². The Kier molecular flexibility index (Phi) is 9.37. The molecule has 0 fully saturated rings. The van der Waals surface area contributed by atoms with Crippen LogP contribution in [-0.2, 0) is 6.42 Å². The molecule has 1 amide bonds. The van der Waals surface area contributed by atoms with E-state index in [2.05, 4.69) is 28.0 Å². The van der Waals surface area contributed by atoms with Gasteiger partial charge in [-0.1, -0.05) is 36.4 Å². The van der Waals surface area contributed by atoms with Gasteiger partial charge in [0.2, 0.25) is 0 Å². The first-order valence-electron chi connectivity index (χ1n) is 6.26. The number of hydrogen-bond donors (Lipinski definition) is 2. The summed E-state index contributed by atoms with van der Waals surface area (Å²) in [6.45, 7) is 2.02. The third-order valence-corrected chi connectivity index (χ3v) is 2.71. The van der Waals surface area contributed by atoms with Crippen LogP contribution in [0.4, 0.5) is 0 Å². The van der Waals surface area contributed by atoms with Crippen LogP contribution in [0, 0.1) is 0 Å². The molecule has 0 aliphatic carbocycles. The van der Waals surface area contributed by atoms with E-state index in [1.165, 1.54) is 5.56 Å². The van der Waals surface area contributed by atoms with Gasteiger partial charge < -0.3 is 0 Å². The van der Waals surface area contributed by atoms with Gasteiger partial charge in [-0.25, -0.2) is 5.43 Å². The van der Waals surface area contributed by atoms with Gasteiger partial charge in [0.1, 0.15) is 5.69 Å². The zero-order valence-corrected chi connectivity index (χ0v) is 13.3. The number of benzene rings is 1. The lowest BCUT2D eigenvalue weighted by molar-refractivity contribution is 0.0921. The molecule has 0 aliphatic heterocycles. The topological polar surface area (TPSA) is 54.0 Å². The Bertz CT molecular complexity index is 523. The van der Waals surface area contributed by atoms with Crippen molar-refractivity contribution < 1.29 is 4.79 Å². The maximum Gasteiger partial charge on any atom is 0.283 e. The van der Waals surface area contributed by atoms with E-state index in [1.807, 2.05) is 25.1 Å². The predicted octanol–water partition coefficient (Wildman–Crippen LogP) is 2.79. The van der Waals surface area contributed by atoms with Gasteiger partial charge in [-0.3, -0.25) is 15.2 Å². The van der Waals surface area contributed by atoms with E-state index < -0.39 is 0 Å². The number of aromatic nitrogens is 1. The molecule has 21 heavy (non-hydrogen) atoms. The van der Waals surface area contributed by atoms with E-state index in [0.29, 0.717) is 5.69 Å². The van der Waals surface area contributed by atoms with E-state index in [0.717, 1.165) is 6.42 Å². The molecule has 1 aromatic heterocycles. The number of carbonyl (C=O) groups is 1. The zero-order valence-electron chi connectivity index (χ0n) is 11.7. The number of nitrogens with zero attached hydrogens (tertiary/aromatic N) is 1. The highest BCUT2D eigenvalue weighted by atomic mass is 35.5. The highest BCUT2D eigenvalue weighted by Crippen LogP contribution is 2.02. The van der Waals surface area contributed by atoms with E-state index in [1.54, 1.807) is 24.4 Å². The lowest BCUT2D eigenvalue weighted by Gasteiger charge is -2.14. The molecule has 1 atom stereocenters. The van der Waals surface area contributed by atoms with E-state index in [-0.39, 0.29) is 36.8 Å². The molecule has 1 heterocycles. The Morgan fingerprint density at radius 2 is 1.76 bits per heavy atom. The predicted molar refractivity (Wildman–Crippen MR) is 88.9 cm³/mol. The van der Waals surface area contributed by atoms with E-state index in [9.17, 15) is 4.79 Å². The van der Waals surface area contributed by atoms with Crippen LogP contribution >= 0.6 is 24.8 Å². The van der Waals surface area contributed by atoms with Crippen molar-refractivity contribution in [3.05, 3.63) is 66.0 Å². The van der Waals surface area contributed by atoms with Crippen molar-refractivity contribution in [1.82, 2.24) is 15.8 Å². The summed E-state index contributed by atoms with van der Waals surface area (Å²) in [6.07, 6.45) is 2.45. The van der Waals surface area contributed by atoms with Crippen LogP contribution < -0.4 is 10.9 Å². The van der Waals surface area contributed by atoms with Crippen LogP contribution in [0.5, 0.6) is 0 Å². The van der Waals surface area contributed by atoms with Gasteiger partial charge in [0, 0.05) is 12.2 Å². The van der Waals surface area contributed by atoms with Crippen LogP contribution in [0.2, 0.25) is 0 Å². The van der Waals surface area contributed by atoms with E-state index in [4.69, 9.17) is 0 Å². The van der Waals surface area contributed by atoms with Gasteiger partial charge in [-0.05, 0) is 31.0 Å². The molecule has 0 aliphatic rings.